The van der Waals surface area contributed by atoms with Crippen molar-refractivity contribution in [1.29, 1.82) is 0 Å². The highest BCUT2D eigenvalue weighted by Crippen LogP contribution is 2.37. The van der Waals surface area contributed by atoms with Crippen LogP contribution in [0.25, 0.3) is 0 Å². The molecule has 2 aliphatic heterocycles. The number of urea groups is 1. The van der Waals surface area contributed by atoms with Crippen LogP contribution in [-0.4, -0.2) is 70.9 Å². The lowest BCUT2D eigenvalue weighted by Gasteiger charge is -2.45. The summed E-state index contributed by atoms with van der Waals surface area (Å²) in [5, 5.41) is 14.4. The van der Waals surface area contributed by atoms with Crippen molar-refractivity contribution in [3.8, 4) is 5.75 Å². The van der Waals surface area contributed by atoms with Gasteiger partial charge in [-0.3, -0.25) is 15.0 Å². The van der Waals surface area contributed by atoms with Gasteiger partial charge in [-0.25, -0.2) is 19.7 Å². The molecule has 0 spiro atoms. The number of carbonyl (C=O) groups is 2. The van der Waals surface area contributed by atoms with Gasteiger partial charge in [0.25, 0.3) is 5.91 Å². The fraction of sp³-hybridized carbons (Fsp3) is 0.522. The average molecular weight is 472 g/mol. The van der Waals surface area contributed by atoms with Crippen molar-refractivity contribution in [3.05, 3.63) is 30.4 Å². The maximum Gasteiger partial charge on any atom is 0.329 e. The number of rotatable bonds is 7. The Hall–Kier alpha value is -3.47. The number of aliphatic hydroxyl groups excluding tert-OH is 1. The molecule has 0 radical (unpaired) electrons. The lowest BCUT2D eigenvalue weighted by Crippen LogP contribution is -2.56. The number of nitrogens with one attached hydrogen (secondary N) is 2. The summed E-state index contributed by atoms with van der Waals surface area (Å²) in [5.74, 6) is 0.963. The molecule has 11 nitrogen and oxygen atoms in total. The molecule has 1 atom stereocenters. The van der Waals surface area contributed by atoms with Gasteiger partial charge in [0.1, 0.15) is 11.6 Å². The maximum absolute atomic E-state index is 13.3. The first kappa shape index (κ1) is 25.2. The lowest BCUT2D eigenvalue weighted by molar-refractivity contribution is 0.0945. The first-order valence-electron chi connectivity index (χ1n) is 11.8. The predicted molar refractivity (Wildman–Crippen MR) is 130 cm³/mol. The van der Waals surface area contributed by atoms with Crippen LogP contribution in [-0.2, 0) is 0 Å². The van der Waals surface area contributed by atoms with Crippen molar-refractivity contribution in [1.82, 2.24) is 20.3 Å². The maximum atomic E-state index is 13.3. The van der Waals surface area contributed by atoms with Gasteiger partial charge in [0, 0.05) is 44.9 Å². The Morgan fingerprint density at radius 1 is 1.29 bits per heavy atom. The van der Waals surface area contributed by atoms with E-state index in [2.05, 4.69) is 30.5 Å². The van der Waals surface area contributed by atoms with E-state index in [0.29, 0.717) is 43.5 Å². The zero-order valence-corrected chi connectivity index (χ0v) is 20.0. The van der Waals surface area contributed by atoms with Gasteiger partial charge in [-0.05, 0) is 25.8 Å². The number of amides is 3. The molecule has 184 valence electrons. The van der Waals surface area contributed by atoms with E-state index >= 15 is 0 Å². The summed E-state index contributed by atoms with van der Waals surface area (Å²) >= 11 is 0. The van der Waals surface area contributed by atoms with Gasteiger partial charge in [-0.15, -0.1) is 0 Å². The normalized spacial score (nSPS) is 16.1. The molecule has 3 N–H and O–H groups in total. The first-order chi connectivity index (χ1) is 16.6. The van der Waals surface area contributed by atoms with E-state index in [-0.39, 0.29) is 30.4 Å². The minimum atomic E-state index is -0.379. The molecule has 11 heteroatoms. The van der Waals surface area contributed by atoms with Gasteiger partial charge in [-0.1, -0.05) is 13.8 Å². The second-order valence-corrected chi connectivity index (χ2v) is 7.61. The molecule has 0 aromatic carbocycles. The highest BCUT2D eigenvalue weighted by Gasteiger charge is 2.39. The minimum Gasteiger partial charge on any atom is -0.493 e. The lowest BCUT2D eigenvalue weighted by atomic mass is 10.0. The topological polar surface area (TPSA) is 133 Å². The second kappa shape index (κ2) is 12.1. The van der Waals surface area contributed by atoms with Crippen LogP contribution in [0.4, 0.5) is 22.1 Å². The molecule has 34 heavy (non-hydrogen) atoms. The summed E-state index contributed by atoms with van der Waals surface area (Å²) in [6.45, 7) is 8.23. The molecular weight excluding hydrogens is 438 g/mol. The third-order valence-electron chi connectivity index (χ3n) is 5.38. The number of carbonyl (C=O) groups excluding carboxylic acids is 2. The number of fused-ring (bicyclic) bond motifs is 4. The largest absolute Gasteiger partial charge is 0.493 e. The third kappa shape index (κ3) is 5.71. The number of hydrogen-bond donors (Lipinski definition) is 3. The molecule has 1 fully saturated rings. The number of ether oxygens (including phenoxy) is 1. The minimum absolute atomic E-state index is 0.0296. The van der Waals surface area contributed by atoms with E-state index in [1.54, 1.807) is 29.4 Å². The van der Waals surface area contributed by atoms with Crippen molar-refractivity contribution < 1.29 is 19.4 Å². The average Bonchev–Trinajstić information content (AvgIpc) is 2.86. The highest BCUT2D eigenvalue weighted by molar-refractivity contribution is 6.04. The second-order valence-electron chi connectivity index (χ2n) is 7.61. The van der Waals surface area contributed by atoms with Crippen molar-refractivity contribution in [2.75, 3.05) is 48.0 Å². The number of nitrogens with zero attached hydrogens (tertiary/aromatic N) is 5. The van der Waals surface area contributed by atoms with Gasteiger partial charge in [-0.2, -0.15) is 0 Å². The molecule has 4 rings (SSSR count). The Morgan fingerprint density at radius 2 is 2.12 bits per heavy atom. The quantitative estimate of drug-likeness (QED) is 0.525. The number of hydrogen-bond acceptors (Lipinski definition) is 8. The Balaban J connectivity index is 0.00000158. The van der Waals surface area contributed by atoms with Gasteiger partial charge in [0.2, 0.25) is 5.82 Å². The number of piperidine rings is 1. The van der Waals surface area contributed by atoms with Crippen LogP contribution < -0.4 is 25.2 Å². The molecule has 2 aromatic heterocycles. The fourth-order valence-corrected chi connectivity index (χ4v) is 3.93. The standard InChI is InChI=1S/C21H27N7O4.C2H6/c1-2-22-20(30)18-24-12-16-19(26-18)28(14-5-3-8-27(16)13-14)21(31)25-17-11-15(6-7-23-17)32-10-4-9-29;1-2/h6-7,11-12,14,29H,2-5,8-10,13H2,1H3,(H,22,30)(H,23,25,31);1-2H3. The molecule has 1 saturated heterocycles. The smallest absolute Gasteiger partial charge is 0.329 e. The molecule has 0 saturated carbocycles. The van der Waals surface area contributed by atoms with Crippen molar-refractivity contribution in [2.24, 2.45) is 0 Å². The summed E-state index contributed by atoms with van der Waals surface area (Å²) in [5.41, 5.74) is 0.734. The van der Waals surface area contributed by atoms with E-state index in [1.165, 1.54) is 0 Å². The Kier molecular flexibility index (Phi) is 8.97. The summed E-state index contributed by atoms with van der Waals surface area (Å²) in [7, 11) is 0. The zero-order chi connectivity index (χ0) is 24.5. The van der Waals surface area contributed by atoms with Gasteiger partial charge in [0.05, 0.1) is 24.5 Å². The monoisotopic (exact) mass is 471 g/mol. The molecule has 0 aliphatic carbocycles. The van der Waals surface area contributed by atoms with Gasteiger partial charge >= 0.3 is 6.03 Å². The fourth-order valence-electron chi connectivity index (χ4n) is 3.93. The number of pyridine rings is 1. The Labute approximate surface area is 199 Å². The van der Waals surface area contributed by atoms with Crippen molar-refractivity contribution >= 4 is 29.3 Å². The van der Waals surface area contributed by atoms with Crippen LogP contribution in [0.1, 0.15) is 50.7 Å². The van der Waals surface area contributed by atoms with E-state index in [9.17, 15) is 9.59 Å². The number of aromatic nitrogens is 3. The summed E-state index contributed by atoms with van der Waals surface area (Å²) in [4.78, 5) is 42.3. The van der Waals surface area contributed by atoms with E-state index < -0.39 is 0 Å². The number of aliphatic hydroxyl groups is 1. The van der Waals surface area contributed by atoms with E-state index in [0.717, 1.165) is 25.1 Å². The summed E-state index contributed by atoms with van der Waals surface area (Å²) in [6.07, 6.45) is 5.45. The molecule has 4 heterocycles. The summed E-state index contributed by atoms with van der Waals surface area (Å²) < 4.78 is 5.56. The van der Waals surface area contributed by atoms with E-state index in [1.807, 2.05) is 20.8 Å². The first-order valence-corrected chi connectivity index (χ1v) is 11.8. The van der Waals surface area contributed by atoms with Crippen LogP contribution in [0.3, 0.4) is 0 Å². The van der Waals surface area contributed by atoms with Crippen LogP contribution in [0.2, 0.25) is 0 Å². The van der Waals surface area contributed by atoms with Gasteiger partial charge < -0.3 is 20.1 Å². The molecule has 2 aromatic rings. The van der Waals surface area contributed by atoms with Crippen molar-refractivity contribution in [3.63, 3.8) is 0 Å². The molecule has 2 bridgehead atoms. The Morgan fingerprint density at radius 3 is 2.88 bits per heavy atom. The van der Waals surface area contributed by atoms with Gasteiger partial charge in [0.15, 0.2) is 5.82 Å². The number of anilines is 3. The molecular formula is C23H33N7O4. The molecule has 2 aliphatic rings. The SMILES string of the molecule is CC.CCNC(=O)c1ncc2c(n1)N(C(=O)Nc1cc(OCCCO)ccn1)C1CCCN2C1. The molecule has 1 unspecified atom stereocenters. The predicted octanol–water partition coefficient (Wildman–Crippen LogP) is 2.43. The molecule has 3 amide bonds. The van der Waals surface area contributed by atoms with Crippen LogP contribution in [0.5, 0.6) is 5.75 Å². The van der Waals surface area contributed by atoms with Crippen LogP contribution >= 0.6 is 0 Å². The highest BCUT2D eigenvalue weighted by atomic mass is 16.5. The van der Waals surface area contributed by atoms with E-state index in [4.69, 9.17) is 9.84 Å². The van der Waals surface area contributed by atoms with Crippen molar-refractivity contribution in [2.45, 2.75) is 46.1 Å². The van der Waals surface area contributed by atoms with Crippen LogP contribution in [0, 0.1) is 0 Å². The summed E-state index contributed by atoms with van der Waals surface area (Å²) in [6, 6.07) is 2.87. The van der Waals surface area contributed by atoms with Crippen LogP contribution in [0.15, 0.2) is 24.5 Å². The zero-order valence-electron chi connectivity index (χ0n) is 20.0. The third-order valence-corrected chi connectivity index (χ3v) is 5.38. The Bertz CT molecular complexity index is 988.